The van der Waals surface area contributed by atoms with Gasteiger partial charge in [-0.15, -0.1) is 11.3 Å². The third-order valence-electron chi connectivity index (χ3n) is 4.32. The Morgan fingerprint density at radius 1 is 1.22 bits per heavy atom. The highest BCUT2D eigenvalue weighted by atomic mass is 32.1. The van der Waals surface area contributed by atoms with Crippen molar-refractivity contribution in [2.24, 2.45) is 0 Å². The molecule has 5 nitrogen and oxygen atoms in total. The highest BCUT2D eigenvalue weighted by Gasteiger charge is 2.39. The molecule has 0 aliphatic heterocycles. The number of hydrogen-bond donors (Lipinski definition) is 2. The van der Waals surface area contributed by atoms with E-state index in [0.717, 1.165) is 32.1 Å². The fourth-order valence-electron chi connectivity index (χ4n) is 3.08. The van der Waals surface area contributed by atoms with Crippen molar-refractivity contribution in [1.82, 2.24) is 10.6 Å². The molecular formula is C17H24N2O3S. The molecule has 1 fully saturated rings. The summed E-state index contributed by atoms with van der Waals surface area (Å²) in [5, 5.41) is 7.53. The second-order valence-electron chi connectivity index (χ2n) is 5.95. The van der Waals surface area contributed by atoms with E-state index in [1.54, 1.807) is 6.07 Å². The van der Waals surface area contributed by atoms with Gasteiger partial charge in [-0.05, 0) is 24.3 Å². The van der Waals surface area contributed by atoms with Crippen LogP contribution in [0.25, 0.3) is 0 Å². The molecule has 6 heteroatoms. The minimum Gasteiger partial charge on any atom is -0.351 e. The van der Waals surface area contributed by atoms with Crippen molar-refractivity contribution >= 4 is 28.9 Å². The Bertz CT molecular complexity index is 548. The van der Waals surface area contributed by atoms with Gasteiger partial charge in [0.05, 0.1) is 10.4 Å². The molecule has 0 atom stereocenters. The van der Waals surface area contributed by atoms with Crippen molar-refractivity contribution in [3.8, 4) is 0 Å². The lowest BCUT2D eigenvalue weighted by Gasteiger charge is -2.36. The van der Waals surface area contributed by atoms with Crippen LogP contribution in [0.1, 0.15) is 61.5 Å². The van der Waals surface area contributed by atoms with Crippen LogP contribution in [0.2, 0.25) is 0 Å². The SMILES string of the molecule is CCC(=O)C1(NC(=O)CCNC(=O)c2cccs2)CCCCC1. The Kier molecular flexibility index (Phi) is 6.33. The standard InChI is InChI=1S/C17H24N2O3S/c1-2-14(20)17(9-4-3-5-10-17)19-15(21)8-11-18-16(22)13-7-6-12-23-13/h6-7,12H,2-5,8-11H2,1H3,(H,18,22)(H,19,21). The summed E-state index contributed by atoms with van der Waals surface area (Å²) >= 11 is 1.37. The first-order valence-corrected chi connectivity index (χ1v) is 9.11. The summed E-state index contributed by atoms with van der Waals surface area (Å²) in [7, 11) is 0. The number of carbonyl (C=O) groups is 3. The number of hydrogen-bond acceptors (Lipinski definition) is 4. The Morgan fingerprint density at radius 3 is 2.57 bits per heavy atom. The van der Waals surface area contributed by atoms with Crippen LogP contribution >= 0.6 is 11.3 Å². The molecule has 0 unspecified atom stereocenters. The van der Waals surface area contributed by atoms with Crippen molar-refractivity contribution in [2.45, 2.75) is 57.4 Å². The van der Waals surface area contributed by atoms with Crippen molar-refractivity contribution in [2.75, 3.05) is 6.54 Å². The van der Waals surface area contributed by atoms with Gasteiger partial charge < -0.3 is 10.6 Å². The molecule has 0 aromatic carbocycles. The number of rotatable bonds is 7. The molecule has 0 spiro atoms. The molecule has 1 aliphatic rings. The van der Waals surface area contributed by atoms with Gasteiger partial charge in [0.1, 0.15) is 0 Å². The van der Waals surface area contributed by atoms with E-state index in [1.807, 2.05) is 18.4 Å². The van der Waals surface area contributed by atoms with E-state index >= 15 is 0 Å². The number of carbonyl (C=O) groups excluding carboxylic acids is 3. The molecule has 2 N–H and O–H groups in total. The summed E-state index contributed by atoms with van der Waals surface area (Å²) < 4.78 is 0. The van der Waals surface area contributed by atoms with Crippen LogP contribution in [0, 0.1) is 0 Å². The molecule has 1 aromatic rings. The lowest BCUT2D eigenvalue weighted by molar-refractivity contribution is -0.133. The van der Waals surface area contributed by atoms with Gasteiger partial charge in [-0.1, -0.05) is 32.3 Å². The zero-order valence-corrected chi connectivity index (χ0v) is 14.3. The minimum atomic E-state index is -0.679. The number of ketones is 1. The Labute approximate surface area is 140 Å². The number of nitrogens with one attached hydrogen (secondary N) is 2. The molecule has 1 aromatic heterocycles. The van der Waals surface area contributed by atoms with Crippen molar-refractivity contribution in [3.63, 3.8) is 0 Å². The van der Waals surface area contributed by atoms with Crippen LogP contribution in [0.5, 0.6) is 0 Å². The molecule has 0 radical (unpaired) electrons. The van der Waals surface area contributed by atoms with E-state index in [0.29, 0.717) is 11.3 Å². The fraction of sp³-hybridized carbons (Fsp3) is 0.588. The molecule has 0 bridgehead atoms. The highest BCUT2D eigenvalue weighted by molar-refractivity contribution is 7.12. The van der Waals surface area contributed by atoms with E-state index in [9.17, 15) is 14.4 Å². The summed E-state index contributed by atoms with van der Waals surface area (Å²) in [5.41, 5.74) is -0.679. The molecule has 126 valence electrons. The first kappa shape index (κ1) is 17.7. The smallest absolute Gasteiger partial charge is 0.261 e. The third kappa shape index (κ3) is 4.64. The van der Waals surface area contributed by atoms with Crippen LogP contribution in [0.3, 0.4) is 0 Å². The molecule has 23 heavy (non-hydrogen) atoms. The molecule has 0 saturated heterocycles. The summed E-state index contributed by atoms with van der Waals surface area (Å²) in [6, 6.07) is 3.56. The maximum absolute atomic E-state index is 12.3. The lowest BCUT2D eigenvalue weighted by Crippen LogP contribution is -2.55. The predicted molar refractivity (Wildman–Crippen MR) is 90.5 cm³/mol. The quantitative estimate of drug-likeness (QED) is 0.804. The maximum Gasteiger partial charge on any atom is 0.261 e. The van der Waals surface area contributed by atoms with Crippen LogP contribution in [-0.2, 0) is 9.59 Å². The van der Waals surface area contributed by atoms with Gasteiger partial charge in [0.2, 0.25) is 5.91 Å². The predicted octanol–water partition coefficient (Wildman–Crippen LogP) is 2.67. The Morgan fingerprint density at radius 2 is 1.96 bits per heavy atom. The summed E-state index contributed by atoms with van der Waals surface area (Å²) in [6.45, 7) is 2.12. The molecule has 1 saturated carbocycles. The molecule has 2 rings (SSSR count). The first-order valence-electron chi connectivity index (χ1n) is 8.23. The maximum atomic E-state index is 12.3. The minimum absolute atomic E-state index is 0.119. The van der Waals surface area contributed by atoms with E-state index in [2.05, 4.69) is 10.6 Å². The highest BCUT2D eigenvalue weighted by Crippen LogP contribution is 2.30. The zero-order chi connectivity index (χ0) is 16.7. The zero-order valence-electron chi connectivity index (χ0n) is 13.5. The summed E-state index contributed by atoms with van der Waals surface area (Å²) in [5.74, 6) is -0.210. The summed E-state index contributed by atoms with van der Waals surface area (Å²) in [6.07, 6.45) is 5.15. The fourth-order valence-corrected chi connectivity index (χ4v) is 3.72. The second kappa shape index (κ2) is 8.24. The van der Waals surface area contributed by atoms with Crippen LogP contribution in [-0.4, -0.2) is 29.7 Å². The van der Waals surface area contributed by atoms with Gasteiger partial charge in [-0.25, -0.2) is 0 Å². The number of Topliss-reactive ketones (excluding diaryl/α,β-unsaturated/α-hetero) is 1. The molecule has 1 heterocycles. The third-order valence-corrected chi connectivity index (χ3v) is 5.19. The van der Waals surface area contributed by atoms with Crippen LogP contribution < -0.4 is 10.6 Å². The molecular weight excluding hydrogens is 312 g/mol. The van der Waals surface area contributed by atoms with E-state index in [-0.39, 0.29) is 30.6 Å². The average Bonchev–Trinajstić information content (AvgIpc) is 3.09. The van der Waals surface area contributed by atoms with E-state index in [4.69, 9.17) is 0 Å². The number of thiophene rings is 1. The van der Waals surface area contributed by atoms with Crippen molar-refractivity contribution in [3.05, 3.63) is 22.4 Å². The normalized spacial score (nSPS) is 16.6. The van der Waals surface area contributed by atoms with Crippen LogP contribution in [0.4, 0.5) is 0 Å². The van der Waals surface area contributed by atoms with Gasteiger partial charge in [0.15, 0.2) is 5.78 Å². The topological polar surface area (TPSA) is 75.3 Å². The largest absolute Gasteiger partial charge is 0.351 e. The van der Waals surface area contributed by atoms with E-state index < -0.39 is 5.54 Å². The van der Waals surface area contributed by atoms with Crippen molar-refractivity contribution in [1.29, 1.82) is 0 Å². The van der Waals surface area contributed by atoms with Crippen LogP contribution in [0.15, 0.2) is 17.5 Å². The monoisotopic (exact) mass is 336 g/mol. The van der Waals surface area contributed by atoms with Gasteiger partial charge in [0, 0.05) is 19.4 Å². The first-order chi connectivity index (χ1) is 11.1. The van der Waals surface area contributed by atoms with Gasteiger partial charge in [-0.2, -0.15) is 0 Å². The average molecular weight is 336 g/mol. The summed E-state index contributed by atoms with van der Waals surface area (Å²) in [4.78, 5) is 36.9. The second-order valence-corrected chi connectivity index (χ2v) is 6.90. The van der Waals surface area contributed by atoms with E-state index in [1.165, 1.54) is 11.3 Å². The van der Waals surface area contributed by atoms with Gasteiger partial charge in [0.25, 0.3) is 5.91 Å². The number of amides is 2. The lowest BCUT2D eigenvalue weighted by atomic mass is 9.77. The molecule has 2 amide bonds. The van der Waals surface area contributed by atoms with Gasteiger partial charge in [-0.3, -0.25) is 14.4 Å². The Hall–Kier alpha value is -1.69. The Balaban J connectivity index is 1.82. The van der Waals surface area contributed by atoms with Crippen molar-refractivity contribution < 1.29 is 14.4 Å². The van der Waals surface area contributed by atoms with Gasteiger partial charge >= 0.3 is 0 Å². The molecule has 1 aliphatic carbocycles.